The minimum absolute atomic E-state index is 0. The number of rotatable bonds is 4. The first kappa shape index (κ1) is 22.7. The predicted molar refractivity (Wildman–Crippen MR) is 90.2 cm³/mol. The standard InChI is InChI=1S/C15H18F3N3O3S.ClH/c1-24-12-4-5-21(11(7-12)9-20)25(22,23)13-2-3-14(15(16,17)18)10(6-13)8-19;/h2-3,6,11-12H,4-5,7,9,20H2,1H3;1H. The van der Waals surface area contributed by atoms with Crippen molar-refractivity contribution in [3.63, 3.8) is 0 Å². The molecule has 1 saturated heterocycles. The van der Waals surface area contributed by atoms with E-state index in [1.807, 2.05) is 0 Å². The zero-order valence-electron chi connectivity index (χ0n) is 13.9. The number of sulfonamides is 1. The number of benzene rings is 1. The van der Waals surface area contributed by atoms with Crippen LogP contribution in [0.1, 0.15) is 24.0 Å². The zero-order valence-corrected chi connectivity index (χ0v) is 15.5. The second kappa shape index (κ2) is 8.54. The van der Waals surface area contributed by atoms with Crippen LogP contribution < -0.4 is 5.73 Å². The van der Waals surface area contributed by atoms with Crippen molar-refractivity contribution in [1.29, 1.82) is 5.26 Å². The van der Waals surface area contributed by atoms with Gasteiger partial charge in [0.05, 0.1) is 28.2 Å². The lowest BCUT2D eigenvalue weighted by Gasteiger charge is -2.37. The van der Waals surface area contributed by atoms with Crippen molar-refractivity contribution >= 4 is 22.4 Å². The molecule has 2 atom stereocenters. The number of nitrogens with zero attached hydrogens (tertiary/aromatic N) is 2. The van der Waals surface area contributed by atoms with Crippen LogP contribution in [0.25, 0.3) is 0 Å². The van der Waals surface area contributed by atoms with Crippen LogP contribution in [-0.2, 0) is 20.9 Å². The van der Waals surface area contributed by atoms with Crippen LogP contribution in [0.5, 0.6) is 0 Å². The Morgan fingerprint density at radius 1 is 1.42 bits per heavy atom. The first-order valence-corrected chi connectivity index (χ1v) is 8.95. The molecule has 146 valence electrons. The molecule has 0 saturated carbocycles. The van der Waals surface area contributed by atoms with Crippen LogP contribution >= 0.6 is 12.4 Å². The molecule has 6 nitrogen and oxygen atoms in total. The molecule has 2 unspecified atom stereocenters. The van der Waals surface area contributed by atoms with Gasteiger partial charge in [-0.3, -0.25) is 0 Å². The molecule has 11 heteroatoms. The monoisotopic (exact) mass is 413 g/mol. The molecule has 1 aromatic rings. The van der Waals surface area contributed by atoms with E-state index in [4.69, 9.17) is 15.7 Å². The quantitative estimate of drug-likeness (QED) is 0.815. The Kier molecular flexibility index (Phi) is 7.44. The fourth-order valence-corrected chi connectivity index (χ4v) is 4.58. The lowest BCUT2D eigenvalue weighted by Crippen LogP contribution is -2.51. The summed E-state index contributed by atoms with van der Waals surface area (Å²) in [5.74, 6) is 0. The Morgan fingerprint density at radius 3 is 2.58 bits per heavy atom. The number of nitrogens with two attached hydrogens (primary N) is 1. The van der Waals surface area contributed by atoms with Gasteiger partial charge in [-0.2, -0.15) is 22.7 Å². The van der Waals surface area contributed by atoms with Gasteiger partial charge < -0.3 is 10.5 Å². The van der Waals surface area contributed by atoms with E-state index < -0.39 is 33.4 Å². The van der Waals surface area contributed by atoms with Crippen LogP contribution in [0.2, 0.25) is 0 Å². The summed E-state index contributed by atoms with van der Waals surface area (Å²) < 4.78 is 70.7. The summed E-state index contributed by atoms with van der Waals surface area (Å²) in [5.41, 5.74) is 3.76. The zero-order chi connectivity index (χ0) is 18.8. The molecule has 1 aliphatic heterocycles. The molecular formula is C15H19ClF3N3O3S. The Balaban J connectivity index is 0.00000338. The largest absolute Gasteiger partial charge is 0.417 e. The summed E-state index contributed by atoms with van der Waals surface area (Å²) in [4.78, 5) is -0.355. The van der Waals surface area contributed by atoms with Crippen LogP contribution in [0, 0.1) is 11.3 Å². The molecule has 0 aliphatic carbocycles. The normalized spacial score (nSPS) is 21.7. The van der Waals surface area contributed by atoms with Crippen molar-refractivity contribution in [2.75, 3.05) is 20.2 Å². The van der Waals surface area contributed by atoms with Gasteiger partial charge in [0.1, 0.15) is 0 Å². The van der Waals surface area contributed by atoms with E-state index in [0.717, 1.165) is 12.1 Å². The van der Waals surface area contributed by atoms with E-state index in [9.17, 15) is 21.6 Å². The van der Waals surface area contributed by atoms with Crippen molar-refractivity contribution in [2.45, 2.75) is 36.1 Å². The number of halogens is 4. The summed E-state index contributed by atoms with van der Waals surface area (Å²) in [7, 11) is -2.55. The predicted octanol–water partition coefficient (Wildman–Crippen LogP) is 2.13. The Labute approximate surface area is 156 Å². The lowest BCUT2D eigenvalue weighted by atomic mass is 10.0. The SMILES string of the molecule is COC1CCN(S(=O)(=O)c2ccc(C(F)(F)F)c(C#N)c2)C(CN)C1.Cl. The van der Waals surface area contributed by atoms with Gasteiger partial charge in [-0.25, -0.2) is 8.42 Å². The minimum atomic E-state index is -4.73. The van der Waals surface area contributed by atoms with Gasteiger partial charge in [0.15, 0.2) is 0 Å². The molecule has 1 aliphatic rings. The Bertz CT molecular complexity index is 781. The van der Waals surface area contributed by atoms with E-state index in [2.05, 4.69) is 0 Å². The summed E-state index contributed by atoms with van der Waals surface area (Å²) in [5, 5.41) is 8.95. The first-order valence-electron chi connectivity index (χ1n) is 7.51. The molecule has 1 fully saturated rings. The van der Waals surface area contributed by atoms with E-state index in [-0.39, 0.29) is 36.5 Å². The van der Waals surface area contributed by atoms with Crippen molar-refractivity contribution < 1.29 is 26.3 Å². The average Bonchev–Trinajstić information content (AvgIpc) is 2.59. The van der Waals surface area contributed by atoms with Gasteiger partial charge in [0, 0.05) is 26.2 Å². The summed E-state index contributed by atoms with van der Waals surface area (Å²) in [6.07, 6.45) is -4.00. The Morgan fingerprint density at radius 2 is 2.08 bits per heavy atom. The molecule has 0 aromatic heterocycles. The smallest absolute Gasteiger partial charge is 0.381 e. The Hall–Kier alpha value is -1.38. The molecule has 0 radical (unpaired) electrons. The molecule has 0 amide bonds. The van der Waals surface area contributed by atoms with E-state index in [1.165, 1.54) is 17.5 Å². The van der Waals surface area contributed by atoms with Gasteiger partial charge in [0.25, 0.3) is 0 Å². The minimum Gasteiger partial charge on any atom is -0.381 e. The highest BCUT2D eigenvalue weighted by Crippen LogP contribution is 2.34. The molecule has 2 rings (SSSR count). The molecule has 0 spiro atoms. The third kappa shape index (κ3) is 4.47. The molecule has 1 aromatic carbocycles. The average molecular weight is 414 g/mol. The van der Waals surface area contributed by atoms with Crippen LogP contribution in [0.4, 0.5) is 13.2 Å². The van der Waals surface area contributed by atoms with E-state index in [0.29, 0.717) is 18.9 Å². The number of nitriles is 1. The number of hydrogen-bond acceptors (Lipinski definition) is 5. The van der Waals surface area contributed by atoms with Crippen molar-refractivity contribution in [3.05, 3.63) is 29.3 Å². The van der Waals surface area contributed by atoms with Gasteiger partial charge in [0.2, 0.25) is 10.0 Å². The number of hydrogen-bond donors (Lipinski definition) is 1. The summed E-state index contributed by atoms with van der Waals surface area (Å²) >= 11 is 0. The molecule has 0 bridgehead atoms. The van der Waals surface area contributed by atoms with Crippen LogP contribution in [0.3, 0.4) is 0 Å². The fourth-order valence-electron chi connectivity index (χ4n) is 2.90. The molecule has 2 N–H and O–H groups in total. The fraction of sp³-hybridized carbons (Fsp3) is 0.533. The number of alkyl halides is 3. The number of methoxy groups -OCH3 is 1. The third-order valence-corrected chi connectivity index (χ3v) is 6.19. The van der Waals surface area contributed by atoms with Gasteiger partial charge >= 0.3 is 6.18 Å². The second-order valence-electron chi connectivity index (χ2n) is 5.70. The highest BCUT2D eigenvalue weighted by atomic mass is 35.5. The van der Waals surface area contributed by atoms with Crippen LogP contribution in [-0.4, -0.2) is 45.1 Å². The van der Waals surface area contributed by atoms with Gasteiger partial charge in [-0.05, 0) is 31.0 Å². The van der Waals surface area contributed by atoms with Crippen LogP contribution in [0.15, 0.2) is 23.1 Å². The van der Waals surface area contributed by atoms with Gasteiger partial charge in [-0.15, -0.1) is 12.4 Å². The van der Waals surface area contributed by atoms with E-state index >= 15 is 0 Å². The number of piperidine rings is 1. The lowest BCUT2D eigenvalue weighted by molar-refractivity contribution is -0.137. The topological polar surface area (TPSA) is 96.4 Å². The van der Waals surface area contributed by atoms with Crippen molar-refractivity contribution in [1.82, 2.24) is 4.31 Å². The summed E-state index contributed by atoms with van der Waals surface area (Å²) in [6.45, 7) is 0.205. The van der Waals surface area contributed by atoms with Gasteiger partial charge in [-0.1, -0.05) is 0 Å². The molecule has 26 heavy (non-hydrogen) atoms. The maximum absolute atomic E-state index is 12.9. The molecule has 1 heterocycles. The number of ether oxygens (including phenoxy) is 1. The highest BCUT2D eigenvalue weighted by molar-refractivity contribution is 7.89. The maximum atomic E-state index is 12.9. The van der Waals surface area contributed by atoms with E-state index in [1.54, 1.807) is 0 Å². The second-order valence-corrected chi connectivity index (χ2v) is 7.59. The third-order valence-electron chi connectivity index (χ3n) is 4.24. The summed E-state index contributed by atoms with van der Waals surface area (Å²) in [6, 6.07) is 3.14. The molecular weight excluding hydrogens is 395 g/mol. The maximum Gasteiger partial charge on any atom is 0.417 e. The van der Waals surface area contributed by atoms with Crippen molar-refractivity contribution in [2.24, 2.45) is 5.73 Å². The first-order chi connectivity index (χ1) is 11.6. The van der Waals surface area contributed by atoms with Crippen molar-refractivity contribution in [3.8, 4) is 6.07 Å². The highest BCUT2D eigenvalue weighted by Gasteiger charge is 2.38.